The van der Waals surface area contributed by atoms with E-state index in [1.165, 1.54) is 24.5 Å². The summed E-state index contributed by atoms with van der Waals surface area (Å²) in [5, 5.41) is 0. The van der Waals surface area contributed by atoms with Crippen molar-refractivity contribution < 1.29 is 9.89 Å². The van der Waals surface area contributed by atoms with Crippen LogP contribution in [-0.4, -0.2) is 10.5 Å². The molecule has 0 atom stereocenters. The largest absolute Gasteiger partial charge is 0.469 e. The van der Waals surface area contributed by atoms with Crippen LogP contribution in [0.25, 0.3) is 0 Å². The first-order chi connectivity index (χ1) is 10.00. The van der Waals surface area contributed by atoms with Gasteiger partial charge < -0.3 is 21.0 Å². The molecule has 144 valence electrons. The van der Waals surface area contributed by atoms with Crippen molar-refractivity contribution in [1.82, 2.24) is 11.1 Å². The Morgan fingerprint density at radius 2 is 1.40 bits per heavy atom. The summed E-state index contributed by atoms with van der Waals surface area (Å²) in [7, 11) is 0. The summed E-state index contributed by atoms with van der Waals surface area (Å²) in [4.78, 5) is 24.8. The van der Waals surface area contributed by atoms with E-state index in [-0.39, 0.29) is 40.7 Å². The third-order valence-corrected chi connectivity index (χ3v) is 3.02. The van der Waals surface area contributed by atoms with Gasteiger partial charge in [-0.05, 0) is 0 Å². The van der Waals surface area contributed by atoms with Crippen LogP contribution in [0.1, 0.15) is 60.4 Å². The Kier molecular flexibility index (Phi) is 11.8. The van der Waals surface area contributed by atoms with E-state index in [0.717, 1.165) is 11.5 Å². The van der Waals surface area contributed by atoms with Crippen molar-refractivity contribution in [1.29, 1.82) is 0 Å². The highest BCUT2D eigenvalue weighted by molar-refractivity contribution is 5.12. The molecule has 0 radical (unpaired) electrons. The third-order valence-electron chi connectivity index (χ3n) is 3.02. The van der Waals surface area contributed by atoms with E-state index >= 15 is 0 Å². The van der Waals surface area contributed by atoms with E-state index in [1.54, 1.807) is 12.3 Å². The molecule has 0 aliphatic rings. The van der Waals surface area contributed by atoms with Gasteiger partial charge in [0.1, 0.15) is 5.76 Å². The fraction of sp³-hybridized carbons (Fsp3) is 0.474. The first-order valence-corrected chi connectivity index (χ1v) is 7.29. The highest BCUT2D eigenvalue weighted by Crippen LogP contribution is 2.19. The molecule has 0 saturated carbocycles. The highest BCUT2D eigenvalue weighted by Gasteiger charge is 2.16. The lowest BCUT2D eigenvalue weighted by Crippen LogP contribution is -2.16. The predicted molar refractivity (Wildman–Crippen MR) is 105 cm³/mol. The van der Waals surface area contributed by atoms with Crippen molar-refractivity contribution >= 4 is 0 Å². The van der Waals surface area contributed by atoms with E-state index in [0.29, 0.717) is 0 Å². The zero-order valence-corrected chi connectivity index (χ0v) is 15.4. The van der Waals surface area contributed by atoms with Gasteiger partial charge in [-0.3, -0.25) is 9.59 Å². The van der Waals surface area contributed by atoms with Gasteiger partial charge in [0.25, 0.3) is 0 Å². The quantitative estimate of drug-likeness (QED) is 0.748. The number of pyridine rings is 1. The van der Waals surface area contributed by atoms with Crippen molar-refractivity contribution in [3.05, 3.63) is 68.6 Å². The second kappa shape index (κ2) is 10.6. The number of hydrogen-bond acceptors (Lipinski definition) is 4. The maximum atomic E-state index is 10.9. The smallest absolute Gasteiger partial charge is 0.185 e. The molecular formula is C19H34N2O4. The number of nitrogens with one attached hydrogen (secondary N) is 1. The zero-order chi connectivity index (χ0) is 17.0. The fourth-order valence-corrected chi connectivity index (χ4v) is 1.66. The number of aromatic nitrogens is 1. The number of rotatable bonds is 0. The van der Waals surface area contributed by atoms with Gasteiger partial charge in [0.2, 0.25) is 0 Å². The summed E-state index contributed by atoms with van der Waals surface area (Å²) in [5.74, 6) is 0.727. The molecule has 0 saturated heterocycles. The molecule has 6 N–H and O–H groups in total. The molecule has 0 fully saturated rings. The van der Waals surface area contributed by atoms with Crippen molar-refractivity contribution in [2.75, 3.05) is 0 Å². The average Bonchev–Trinajstić information content (AvgIpc) is 2.37. The van der Waals surface area contributed by atoms with E-state index in [2.05, 4.69) is 25.8 Å². The van der Waals surface area contributed by atoms with Gasteiger partial charge in [-0.25, -0.2) is 0 Å². The van der Waals surface area contributed by atoms with Gasteiger partial charge in [-0.2, -0.15) is 0 Å². The summed E-state index contributed by atoms with van der Waals surface area (Å²) in [6, 6.07) is 6.10. The molecule has 0 unspecified atom stereocenters. The lowest BCUT2D eigenvalue weighted by atomic mass is 9.92. The van der Waals surface area contributed by atoms with E-state index in [4.69, 9.17) is 4.42 Å². The molecule has 0 bridgehead atoms. The molecule has 0 aliphatic heterocycles. The minimum atomic E-state index is -0.0829. The van der Waals surface area contributed by atoms with Gasteiger partial charge in [0, 0.05) is 47.0 Å². The van der Waals surface area contributed by atoms with Crippen molar-refractivity contribution in [3.63, 3.8) is 0 Å². The molecule has 2 heterocycles. The summed E-state index contributed by atoms with van der Waals surface area (Å²) in [6.45, 7) is 12.2. The van der Waals surface area contributed by atoms with Crippen LogP contribution in [-0.2, 0) is 10.8 Å². The normalized spacial score (nSPS) is 10.2. The Balaban J connectivity index is -0.000000346. The van der Waals surface area contributed by atoms with Crippen molar-refractivity contribution in [2.45, 2.75) is 59.8 Å². The first kappa shape index (κ1) is 27.7. The predicted octanol–water partition coefficient (Wildman–Crippen LogP) is 3.58. The minimum Gasteiger partial charge on any atom is -0.469 e. The van der Waals surface area contributed by atoms with Gasteiger partial charge >= 0.3 is 0 Å². The number of H-pyrrole nitrogens is 1. The van der Waals surface area contributed by atoms with Gasteiger partial charge in [-0.15, -0.1) is 0 Å². The van der Waals surface area contributed by atoms with Crippen LogP contribution < -0.4 is 17.0 Å². The summed E-state index contributed by atoms with van der Waals surface area (Å²) >= 11 is 0. The standard InChI is InChI=1S/C9H13NO.C9H12O2.CH4.H3N.H2O/c1-9(2,3)8-6-7(11)4-5-10-8;1-9(2,3)8-6-7(10)4-5-11-8;;;/h4-6H,1-3H3,(H,10,11);4-6H,1-3H3;1H4;1H3;1H2. The zero-order valence-electron chi connectivity index (χ0n) is 15.4. The number of aromatic amines is 1. The van der Waals surface area contributed by atoms with Crippen LogP contribution in [0.2, 0.25) is 0 Å². The maximum absolute atomic E-state index is 10.9. The molecule has 6 nitrogen and oxygen atoms in total. The third kappa shape index (κ3) is 9.64. The first-order valence-electron chi connectivity index (χ1n) is 7.29. The van der Waals surface area contributed by atoms with Gasteiger partial charge in [0.15, 0.2) is 10.9 Å². The van der Waals surface area contributed by atoms with Gasteiger partial charge in [-0.1, -0.05) is 49.0 Å². The maximum Gasteiger partial charge on any atom is 0.185 e. The molecule has 0 aromatic carbocycles. The topological polar surface area (TPSA) is 130 Å². The summed E-state index contributed by atoms with van der Waals surface area (Å²) in [6.07, 6.45) is 3.12. The Bertz CT molecular complexity index is 656. The molecule has 25 heavy (non-hydrogen) atoms. The van der Waals surface area contributed by atoms with Crippen LogP contribution in [0.3, 0.4) is 0 Å². The lowest BCUT2D eigenvalue weighted by Gasteiger charge is -2.17. The fourth-order valence-electron chi connectivity index (χ4n) is 1.66. The van der Waals surface area contributed by atoms with E-state index < -0.39 is 0 Å². The Morgan fingerprint density at radius 1 is 0.880 bits per heavy atom. The molecule has 0 amide bonds. The second-order valence-corrected chi connectivity index (χ2v) is 7.27. The second-order valence-electron chi connectivity index (χ2n) is 7.27. The minimum absolute atomic E-state index is 0. The Morgan fingerprint density at radius 3 is 1.72 bits per heavy atom. The Hall–Kier alpha value is -2.18. The molecule has 0 spiro atoms. The highest BCUT2D eigenvalue weighted by atomic mass is 16.3. The van der Waals surface area contributed by atoms with Crippen LogP contribution in [0.15, 0.2) is 50.7 Å². The molecule has 2 rings (SSSR count). The summed E-state index contributed by atoms with van der Waals surface area (Å²) in [5.41, 5.74) is 0.987. The van der Waals surface area contributed by atoms with Gasteiger partial charge in [0.05, 0.1) is 6.26 Å². The monoisotopic (exact) mass is 354 g/mol. The van der Waals surface area contributed by atoms with Crippen LogP contribution in [0, 0.1) is 0 Å². The molecule has 2 aromatic rings. The molecule has 2 aromatic heterocycles. The molecular weight excluding hydrogens is 320 g/mol. The van der Waals surface area contributed by atoms with Crippen molar-refractivity contribution in [3.8, 4) is 0 Å². The average molecular weight is 354 g/mol. The van der Waals surface area contributed by atoms with Crippen LogP contribution in [0.4, 0.5) is 0 Å². The van der Waals surface area contributed by atoms with Crippen molar-refractivity contribution in [2.24, 2.45) is 0 Å². The number of hydrogen-bond donors (Lipinski definition) is 2. The molecule has 6 heteroatoms. The van der Waals surface area contributed by atoms with E-state index in [1.807, 2.05) is 20.8 Å². The Labute approximate surface area is 150 Å². The molecule has 0 aliphatic carbocycles. The van der Waals surface area contributed by atoms with Crippen LogP contribution in [0.5, 0.6) is 0 Å². The SMILES string of the molecule is C.CC(C)(C)c1cc(=O)cc[nH]1.CC(C)(C)c1cc(=O)cco1.N.O. The lowest BCUT2D eigenvalue weighted by molar-refractivity contribution is 0.395. The summed E-state index contributed by atoms with van der Waals surface area (Å²) < 4.78 is 5.17. The van der Waals surface area contributed by atoms with Crippen LogP contribution >= 0.6 is 0 Å². The van der Waals surface area contributed by atoms with E-state index in [9.17, 15) is 9.59 Å².